The first-order chi connectivity index (χ1) is 7.97. The molecule has 98 valence electrons. The van der Waals surface area contributed by atoms with E-state index < -0.39 is 12.1 Å². The van der Waals surface area contributed by atoms with E-state index in [1.807, 2.05) is 20.8 Å². The molecule has 0 radical (unpaired) electrons. The van der Waals surface area contributed by atoms with Crippen molar-refractivity contribution in [3.63, 3.8) is 0 Å². The zero-order valence-electron chi connectivity index (χ0n) is 10.5. The van der Waals surface area contributed by atoms with Crippen molar-refractivity contribution >= 4 is 12.0 Å². The molecule has 1 aliphatic heterocycles. The van der Waals surface area contributed by atoms with E-state index in [1.54, 1.807) is 9.80 Å². The van der Waals surface area contributed by atoms with Gasteiger partial charge in [0.25, 0.3) is 0 Å². The van der Waals surface area contributed by atoms with Crippen LogP contribution in [0.15, 0.2) is 0 Å². The zero-order valence-corrected chi connectivity index (χ0v) is 10.5. The summed E-state index contributed by atoms with van der Waals surface area (Å²) in [4.78, 5) is 26.2. The fourth-order valence-corrected chi connectivity index (χ4v) is 1.88. The highest BCUT2D eigenvalue weighted by Gasteiger charge is 2.31. The number of carbonyl (C=O) groups excluding carboxylic acids is 1. The van der Waals surface area contributed by atoms with Gasteiger partial charge in [-0.05, 0) is 20.8 Å². The number of hydrogen-bond donors (Lipinski definition) is 1. The summed E-state index contributed by atoms with van der Waals surface area (Å²) in [6.45, 7) is 7.26. The standard InChI is InChI=1S/C11H20N2O4/c1-4-13(8(2)3)11(16)12-5-6-17-9(7-12)10(14)15/h8-9H,4-7H2,1-3H3,(H,14,15). The molecule has 1 heterocycles. The van der Waals surface area contributed by atoms with Gasteiger partial charge >= 0.3 is 12.0 Å². The summed E-state index contributed by atoms with van der Waals surface area (Å²) in [7, 11) is 0. The van der Waals surface area contributed by atoms with Crippen LogP contribution in [0.1, 0.15) is 20.8 Å². The lowest BCUT2D eigenvalue weighted by Gasteiger charge is -2.36. The first-order valence-electron chi connectivity index (χ1n) is 5.87. The number of amides is 2. The summed E-state index contributed by atoms with van der Waals surface area (Å²) in [5.41, 5.74) is 0. The molecule has 0 saturated carbocycles. The summed E-state index contributed by atoms with van der Waals surface area (Å²) in [6.07, 6.45) is -0.904. The summed E-state index contributed by atoms with van der Waals surface area (Å²) in [5, 5.41) is 8.87. The average molecular weight is 244 g/mol. The Morgan fingerprint density at radius 3 is 2.65 bits per heavy atom. The number of ether oxygens (including phenoxy) is 1. The lowest BCUT2D eigenvalue weighted by atomic mass is 10.2. The number of aliphatic carboxylic acids is 1. The first-order valence-corrected chi connectivity index (χ1v) is 5.87. The second kappa shape index (κ2) is 5.86. The van der Waals surface area contributed by atoms with E-state index in [1.165, 1.54) is 0 Å². The van der Waals surface area contributed by atoms with Gasteiger partial charge in [0.1, 0.15) is 0 Å². The highest BCUT2D eigenvalue weighted by Crippen LogP contribution is 2.10. The van der Waals surface area contributed by atoms with Crippen molar-refractivity contribution < 1.29 is 19.4 Å². The smallest absolute Gasteiger partial charge is 0.334 e. The summed E-state index contributed by atoms with van der Waals surface area (Å²) < 4.78 is 5.08. The van der Waals surface area contributed by atoms with Crippen LogP contribution in [-0.4, -0.2) is 65.3 Å². The number of urea groups is 1. The molecule has 0 aromatic rings. The molecular formula is C11H20N2O4. The van der Waals surface area contributed by atoms with Crippen LogP contribution in [0, 0.1) is 0 Å². The zero-order chi connectivity index (χ0) is 13.0. The molecule has 17 heavy (non-hydrogen) atoms. The lowest BCUT2D eigenvalue weighted by Crippen LogP contribution is -2.54. The van der Waals surface area contributed by atoms with Crippen LogP contribution in [0.3, 0.4) is 0 Å². The average Bonchev–Trinajstić information content (AvgIpc) is 2.29. The van der Waals surface area contributed by atoms with Crippen LogP contribution < -0.4 is 0 Å². The van der Waals surface area contributed by atoms with Crippen LogP contribution in [0.2, 0.25) is 0 Å². The van der Waals surface area contributed by atoms with Crippen molar-refractivity contribution in [3.05, 3.63) is 0 Å². The van der Waals surface area contributed by atoms with Crippen LogP contribution in [-0.2, 0) is 9.53 Å². The molecular weight excluding hydrogens is 224 g/mol. The number of rotatable bonds is 3. The predicted octanol–water partition coefficient (Wildman–Crippen LogP) is 0.622. The molecule has 0 aliphatic carbocycles. The van der Waals surface area contributed by atoms with E-state index in [0.29, 0.717) is 13.1 Å². The Hall–Kier alpha value is -1.30. The van der Waals surface area contributed by atoms with Crippen molar-refractivity contribution in [2.75, 3.05) is 26.2 Å². The summed E-state index contributed by atoms with van der Waals surface area (Å²) in [6, 6.07) is -0.00401. The maximum Gasteiger partial charge on any atom is 0.334 e. The van der Waals surface area contributed by atoms with Crippen LogP contribution in [0.5, 0.6) is 0 Å². The SMILES string of the molecule is CCN(C(=O)N1CCOC(C(=O)O)C1)C(C)C. The maximum atomic E-state index is 12.1. The van der Waals surface area contributed by atoms with E-state index in [9.17, 15) is 9.59 Å². The third kappa shape index (κ3) is 3.33. The van der Waals surface area contributed by atoms with Gasteiger partial charge in [0, 0.05) is 19.1 Å². The Bertz CT molecular complexity index is 293. The van der Waals surface area contributed by atoms with E-state index in [4.69, 9.17) is 9.84 Å². The van der Waals surface area contributed by atoms with Crippen molar-refractivity contribution in [2.24, 2.45) is 0 Å². The van der Waals surface area contributed by atoms with Gasteiger partial charge in [-0.15, -0.1) is 0 Å². The van der Waals surface area contributed by atoms with E-state index >= 15 is 0 Å². The molecule has 0 aromatic heterocycles. The minimum atomic E-state index is -1.02. The van der Waals surface area contributed by atoms with E-state index in [2.05, 4.69) is 0 Å². The molecule has 1 N–H and O–H groups in total. The minimum absolute atomic E-state index is 0.110. The molecule has 2 amide bonds. The fourth-order valence-electron chi connectivity index (χ4n) is 1.88. The number of carboxylic acid groups (broad SMARTS) is 1. The van der Waals surface area contributed by atoms with Crippen LogP contribution >= 0.6 is 0 Å². The Balaban J connectivity index is 2.65. The first kappa shape index (κ1) is 13.8. The molecule has 0 aromatic carbocycles. The van der Waals surface area contributed by atoms with Gasteiger partial charge in [0.15, 0.2) is 6.10 Å². The van der Waals surface area contributed by atoms with Gasteiger partial charge < -0.3 is 19.6 Å². The van der Waals surface area contributed by atoms with E-state index in [-0.39, 0.29) is 25.2 Å². The lowest BCUT2D eigenvalue weighted by molar-refractivity contribution is -0.154. The molecule has 0 spiro atoms. The molecule has 6 heteroatoms. The quantitative estimate of drug-likeness (QED) is 0.790. The largest absolute Gasteiger partial charge is 0.479 e. The molecule has 1 atom stereocenters. The van der Waals surface area contributed by atoms with E-state index in [0.717, 1.165) is 0 Å². The Morgan fingerprint density at radius 2 is 2.18 bits per heavy atom. The number of morpholine rings is 1. The molecule has 1 fully saturated rings. The van der Waals surface area contributed by atoms with Gasteiger partial charge in [-0.3, -0.25) is 0 Å². The summed E-state index contributed by atoms with van der Waals surface area (Å²) in [5.74, 6) is -1.02. The minimum Gasteiger partial charge on any atom is -0.479 e. The number of carboxylic acids is 1. The third-order valence-corrected chi connectivity index (χ3v) is 2.82. The Kier molecular flexibility index (Phi) is 4.74. The van der Waals surface area contributed by atoms with Crippen LogP contribution in [0.25, 0.3) is 0 Å². The molecule has 1 aliphatic rings. The van der Waals surface area contributed by atoms with Gasteiger partial charge in [-0.2, -0.15) is 0 Å². The molecule has 0 bridgehead atoms. The highest BCUT2D eigenvalue weighted by molar-refractivity contribution is 5.77. The highest BCUT2D eigenvalue weighted by atomic mass is 16.5. The number of hydrogen-bond acceptors (Lipinski definition) is 3. The molecule has 6 nitrogen and oxygen atoms in total. The van der Waals surface area contributed by atoms with Crippen LogP contribution in [0.4, 0.5) is 4.79 Å². The van der Waals surface area contributed by atoms with Crippen molar-refractivity contribution in [2.45, 2.75) is 32.9 Å². The fraction of sp³-hybridized carbons (Fsp3) is 0.818. The third-order valence-electron chi connectivity index (χ3n) is 2.82. The Morgan fingerprint density at radius 1 is 1.53 bits per heavy atom. The monoisotopic (exact) mass is 244 g/mol. The van der Waals surface area contributed by atoms with Gasteiger partial charge in [-0.25, -0.2) is 9.59 Å². The molecule has 1 unspecified atom stereocenters. The van der Waals surface area contributed by atoms with Gasteiger partial charge in [0.2, 0.25) is 0 Å². The second-order valence-corrected chi connectivity index (χ2v) is 4.31. The summed E-state index contributed by atoms with van der Waals surface area (Å²) >= 11 is 0. The Labute approximate surface area is 101 Å². The van der Waals surface area contributed by atoms with Crippen molar-refractivity contribution in [3.8, 4) is 0 Å². The van der Waals surface area contributed by atoms with Gasteiger partial charge in [0.05, 0.1) is 13.2 Å². The number of carbonyl (C=O) groups is 2. The van der Waals surface area contributed by atoms with Crippen molar-refractivity contribution in [1.29, 1.82) is 0 Å². The molecule has 1 saturated heterocycles. The second-order valence-electron chi connectivity index (χ2n) is 4.31. The maximum absolute atomic E-state index is 12.1. The van der Waals surface area contributed by atoms with Crippen molar-refractivity contribution in [1.82, 2.24) is 9.80 Å². The normalized spacial score (nSPS) is 20.5. The topological polar surface area (TPSA) is 70.1 Å². The molecule has 1 rings (SSSR count). The number of nitrogens with zero attached hydrogens (tertiary/aromatic N) is 2. The predicted molar refractivity (Wildman–Crippen MR) is 61.9 cm³/mol. The van der Waals surface area contributed by atoms with Gasteiger partial charge in [-0.1, -0.05) is 0 Å².